The minimum atomic E-state index is 0.778. The monoisotopic (exact) mass is 299 g/mol. The Morgan fingerprint density at radius 3 is 2.64 bits per heavy atom. The standard InChI is InChI=1S/C10H10IN3/c11-8-1-3-9(4-2-8)12-7-10-5-6-13-14-10/h1-6,12H,7H2,(H,13,14). The molecule has 0 saturated heterocycles. The highest BCUT2D eigenvalue weighted by molar-refractivity contribution is 14.1. The minimum absolute atomic E-state index is 0.778. The molecule has 0 aliphatic rings. The summed E-state index contributed by atoms with van der Waals surface area (Å²) in [6, 6.07) is 10.3. The molecule has 72 valence electrons. The highest BCUT2D eigenvalue weighted by atomic mass is 127. The molecule has 0 aliphatic heterocycles. The number of aromatic amines is 1. The third kappa shape index (κ3) is 2.47. The zero-order valence-electron chi connectivity index (χ0n) is 7.50. The smallest absolute Gasteiger partial charge is 0.0567 e. The van der Waals surface area contributed by atoms with Crippen molar-refractivity contribution in [1.29, 1.82) is 0 Å². The van der Waals surface area contributed by atoms with Crippen LogP contribution in [0.15, 0.2) is 36.5 Å². The third-order valence-electron chi connectivity index (χ3n) is 1.89. The lowest BCUT2D eigenvalue weighted by molar-refractivity contribution is 0.981. The van der Waals surface area contributed by atoms with Crippen molar-refractivity contribution in [3.8, 4) is 0 Å². The molecule has 0 saturated carbocycles. The van der Waals surface area contributed by atoms with Gasteiger partial charge < -0.3 is 5.32 Å². The fraction of sp³-hybridized carbons (Fsp3) is 0.100. The van der Waals surface area contributed by atoms with E-state index in [-0.39, 0.29) is 0 Å². The van der Waals surface area contributed by atoms with Gasteiger partial charge in [-0.05, 0) is 52.9 Å². The topological polar surface area (TPSA) is 40.7 Å². The first kappa shape index (κ1) is 9.51. The van der Waals surface area contributed by atoms with E-state index >= 15 is 0 Å². The predicted octanol–water partition coefficient (Wildman–Crippen LogP) is 2.63. The van der Waals surface area contributed by atoms with E-state index in [2.05, 4.69) is 62.4 Å². The van der Waals surface area contributed by atoms with Gasteiger partial charge in [0.1, 0.15) is 0 Å². The lowest BCUT2D eigenvalue weighted by Gasteiger charge is -2.03. The van der Waals surface area contributed by atoms with Crippen molar-refractivity contribution in [2.24, 2.45) is 0 Å². The molecule has 0 unspecified atom stereocenters. The molecule has 2 N–H and O–H groups in total. The highest BCUT2D eigenvalue weighted by Gasteiger charge is 1.94. The summed E-state index contributed by atoms with van der Waals surface area (Å²) in [5.74, 6) is 0. The maximum Gasteiger partial charge on any atom is 0.0567 e. The summed E-state index contributed by atoms with van der Waals surface area (Å²) >= 11 is 2.29. The Labute approximate surface area is 96.1 Å². The first-order valence-corrected chi connectivity index (χ1v) is 5.40. The number of hydrogen-bond acceptors (Lipinski definition) is 2. The molecule has 3 nitrogen and oxygen atoms in total. The molecule has 0 amide bonds. The van der Waals surface area contributed by atoms with Crippen molar-refractivity contribution >= 4 is 28.3 Å². The van der Waals surface area contributed by atoms with Crippen LogP contribution in [0.4, 0.5) is 5.69 Å². The zero-order valence-corrected chi connectivity index (χ0v) is 9.65. The quantitative estimate of drug-likeness (QED) is 0.855. The Bertz CT molecular complexity index is 380. The number of halogens is 1. The van der Waals surface area contributed by atoms with Crippen LogP contribution in [0.2, 0.25) is 0 Å². The van der Waals surface area contributed by atoms with Crippen molar-refractivity contribution < 1.29 is 0 Å². The van der Waals surface area contributed by atoms with Gasteiger partial charge in [-0.15, -0.1) is 0 Å². The molecule has 0 radical (unpaired) electrons. The van der Waals surface area contributed by atoms with Gasteiger partial charge >= 0.3 is 0 Å². The zero-order chi connectivity index (χ0) is 9.80. The van der Waals surface area contributed by atoms with Gasteiger partial charge in [-0.1, -0.05) is 0 Å². The van der Waals surface area contributed by atoms with E-state index < -0.39 is 0 Å². The van der Waals surface area contributed by atoms with Crippen molar-refractivity contribution in [2.45, 2.75) is 6.54 Å². The predicted molar refractivity (Wildman–Crippen MR) is 65.1 cm³/mol. The number of H-pyrrole nitrogens is 1. The van der Waals surface area contributed by atoms with Gasteiger partial charge in [0.05, 0.1) is 12.2 Å². The summed E-state index contributed by atoms with van der Waals surface area (Å²) in [6.07, 6.45) is 1.75. The highest BCUT2D eigenvalue weighted by Crippen LogP contribution is 2.11. The Morgan fingerprint density at radius 2 is 2.00 bits per heavy atom. The van der Waals surface area contributed by atoms with Crippen LogP contribution in [0.25, 0.3) is 0 Å². The van der Waals surface area contributed by atoms with Crippen LogP contribution in [0, 0.1) is 3.57 Å². The molecule has 0 spiro atoms. The van der Waals surface area contributed by atoms with Gasteiger partial charge in [-0.2, -0.15) is 5.10 Å². The van der Waals surface area contributed by atoms with Gasteiger partial charge in [0.2, 0.25) is 0 Å². The van der Waals surface area contributed by atoms with E-state index in [1.165, 1.54) is 3.57 Å². The van der Waals surface area contributed by atoms with Crippen molar-refractivity contribution in [3.05, 3.63) is 45.8 Å². The van der Waals surface area contributed by atoms with E-state index in [1.807, 2.05) is 6.07 Å². The van der Waals surface area contributed by atoms with Crippen LogP contribution in [-0.2, 0) is 6.54 Å². The van der Waals surface area contributed by atoms with Gasteiger partial charge in [0, 0.05) is 15.5 Å². The molecule has 4 heteroatoms. The van der Waals surface area contributed by atoms with Gasteiger partial charge in [-0.3, -0.25) is 5.10 Å². The second kappa shape index (κ2) is 4.45. The maximum atomic E-state index is 3.88. The molecule has 14 heavy (non-hydrogen) atoms. The fourth-order valence-corrected chi connectivity index (χ4v) is 1.51. The number of benzene rings is 1. The number of nitrogens with zero attached hydrogens (tertiary/aromatic N) is 1. The average molecular weight is 299 g/mol. The molecule has 0 fully saturated rings. The number of aromatic nitrogens is 2. The Kier molecular flexibility index (Phi) is 3.03. The molecule has 0 atom stereocenters. The third-order valence-corrected chi connectivity index (χ3v) is 2.60. The average Bonchev–Trinajstić information content (AvgIpc) is 2.70. The first-order valence-electron chi connectivity index (χ1n) is 4.32. The normalized spacial score (nSPS) is 10.1. The largest absolute Gasteiger partial charge is 0.379 e. The molecule has 0 aliphatic carbocycles. The van der Waals surface area contributed by atoms with E-state index in [4.69, 9.17) is 0 Å². The second-order valence-corrected chi connectivity index (χ2v) is 4.19. The summed E-state index contributed by atoms with van der Waals surface area (Å²) < 4.78 is 1.25. The Hall–Kier alpha value is -1.04. The van der Waals surface area contributed by atoms with E-state index in [1.54, 1.807) is 6.20 Å². The van der Waals surface area contributed by atoms with Crippen molar-refractivity contribution in [3.63, 3.8) is 0 Å². The van der Waals surface area contributed by atoms with Gasteiger partial charge in [0.15, 0.2) is 0 Å². The lowest BCUT2D eigenvalue weighted by Crippen LogP contribution is -1.99. The summed E-state index contributed by atoms with van der Waals surface area (Å²) in [4.78, 5) is 0. The minimum Gasteiger partial charge on any atom is -0.379 e. The van der Waals surface area contributed by atoms with E-state index in [0.717, 1.165) is 17.9 Å². The molecule has 0 bridgehead atoms. The molecular formula is C10H10IN3. The van der Waals surface area contributed by atoms with Crippen molar-refractivity contribution in [1.82, 2.24) is 10.2 Å². The SMILES string of the molecule is Ic1ccc(NCc2ccn[nH]2)cc1. The van der Waals surface area contributed by atoms with Crippen LogP contribution in [0.3, 0.4) is 0 Å². The maximum absolute atomic E-state index is 3.88. The summed E-state index contributed by atoms with van der Waals surface area (Å²) in [6.45, 7) is 0.778. The summed E-state index contributed by atoms with van der Waals surface area (Å²) in [5.41, 5.74) is 2.21. The molecule has 1 aromatic heterocycles. The number of rotatable bonds is 3. The lowest BCUT2D eigenvalue weighted by atomic mass is 10.3. The van der Waals surface area contributed by atoms with Gasteiger partial charge in [0.25, 0.3) is 0 Å². The molecule has 1 heterocycles. The molecule has 1 aromatic carbocycles. The number of hydrogen-bond donors (Lipinski definition) is 2. The van der Waals surface area contributed by atoms with Crippen LogP contribution in [0.5, 0.6) is 0 Å². The molecule has 2 rings (SSSR count). The number of anilines is 1. The van der Waals surface area contributed by atoms with Gasteiger partial charge in [-0.25, -0.2) is 0 Å². The van der Waals surface area contributed by atoms with Crippen molar-refractivity contribution in [2.75, 3.05) is 5.32 Å². The summed E-state index contributed by atoms with van der Waals surface area (Å²) in [7, 11) is 0. The second-order valence-electron chi connectivity index (χ2n) is 2.94. The Balaban J connectivity index is 1.95. The van der Waals surface area contributed by atoms with Crippen LogP contribution < -0.4 is 5.32 Å². The van der Waals surface area contributed by atoms with E-state index in [9.17, 15) is 0 Å². The van der Waals surface area contributed by atoms with Crippen LogP contribution >= 0.6 is 22.6 Å². The molecule has 2 aromatic rings. The van der Waals surface area contributed by atoms with Crippen LogP contribution in [0.1, 0.15) is 5.69 Å². The number of nitrogens with one attached hydrogen (secondary N) is 2. The Morgan fingerprint density at radius 1 is 1.21 bits per heavy atom. The van der Waals surface area contributed by atoms with Crippen LogP contribution in [-0.4, -0.2) is 10.2 Å². The first-order chi connectivity index (χ1) is 6.84. The molecular weight excluding hydrogens is 289 g/mol. The fourth-order valence-electron chi connectivity index (χ4n) is 1.15. The van der Waals surface area contributed by atoms with E-state index in [0.29, 0.717) is 0 Å². The summed E-state index contributed by atoms with van der Waals surface area (Å²) in [5, 5.41) is 10.1.